The third-order valence-electron chi connectivity index (χ3n) is 4.41. The van der Waals surface area contributed by atoms with Gasteiger partial charge in [0, 0.05) is 35.9 Å². The first-order valence-corrected chi connectivity index (χ1v) is 14.6. The van der Waals surface area contributed by atoms with E-state index in [2.05, 4.69) is 91.8 Å². The van der Waals surface area contributed by atoms with E-state index >= 15 is 0 Å². The molecule has 0 fully saturated rings. The lowest BCUT2D eigenvalue weighted by Crippen LogP contribution is -2.14. The number of hydrogen-bond donors (Lipinski definition) is 0. The third kappa shape index (κ3) is 9.77. The molecule has 0 atom stereocenters. The molecule has 3 rings (SSSR count). The second kappa shape index (κ2) is 13.4. The van der Waals surface area contributed by atoms with Crippen molar-refractivity contribution in [2.45, 2.75) is 96.9 Å². The van der Waals surface area contributed by atoms with Gasteiger partial charge in [0.2, 0.25) is 0 Å². The highest BCUT2D eigenvalue weighted by Gasteiger charge is 2.30. The number of hydrogen-bond acceptors (Lipinski definition) is 3. The average molecular weight is 493 g/mol. The van der Waals surface area contributed by atoms with Gasteiger partial charge in [-0.3, -0.25) is 0 Å². The Hall–Kier alpha value is -0.510. The maximum absolute atomic E-state index is 2.44. The molecule has 0 saturated carbocycles. The van der Waals surface area contributed by atoms with E-state index in [0.717, 1.165) is 0 Å². The molecule has 32 heavy (non-hydrogen) atoms. The van der Waals surface area contributed by atoms with Crippen molar-refractivity contribution in [1.29, 1.82) is 0 Å². The van der Waals surface area contributed by atoms with Crippen LogP contribution in [0.3, 0.4) is 0 Å². The van der Waals surface area contributed by atoms with E-state index < -0.39 is 0 Å². The predicted molar refractivity (Wildman–Crippen MR) is 158 cm³/mol. The monoisotopic (exact) mass is 492 g/mol. The second-order valence-corrected chi connectivity index (χ2v) is 13.0. The van der Waals surface area contributed by atoms with Crippen molar-refractivity contribution >= 4 is 35.3 Å². The van der Waals surface area contributed by atoms with Crippen LogP contribution in [0.5, 0.6) is 0 Å². The lowest BCUT2D eigenvalue weighted by Gasteiger charge is -2.32. The lowest BCUT2D eigenvalue weighted by atomic mass is 9.89. The summed E-state index contributed by atoms with van der Waals surface area (Å²) in [6.07, 6.45) is 14.5. The molecule has 0 aliphatic carbocycles. The van der Waals surface area contributed by atoms with Crippen LogP contribution in [-0.4, -0.2) is 0 Å². The number of rotatable bonds is 2. The molecule has 182 valence electrons. The minimum Gasteiger partial charge on any atom is -0.0943 e. The first-order valence-electron chi connectivity index (χ1n) is 12.2. The Morgan fingerprint density at radius 3 is 0.875 bits per heavy atom. The smallest absolute Gasteiger partial charge is 0.0227 e. The standard InChI is InChI=1S/C23H30S3.3C2H6/c1-15-9-21(3,4)11-17(24-15)19-13-23(7,8)14-20(26-19)18-12-22(5,6)10-16(2)25-18;3*1-2/h9-14H,1-8H3;3*1-2H3. The maximum Gasteiger partial charge on any atom is 0.0227 e. The average Bonchev–Trinajstić information content (AvgIpc) is 2.68. The van der Waals surface area contributed by atoms with Crippen molar-refractivity contribution < 1.29 is 0 Å². The summed E-state index contributed by atoms with van der Waals surface area (Å²) in [4.78, 5) is 8.43. The first-order chi connectivity index (χ1) is 14.8. The summed E-state index contributed by atoms with van der Waals surface area (Å²) >= 11 is 5.77. The molecule has 0 bridgehead atoms. The fourth-order valence-electron chi connectivity index (χ4n) is 3.65. The highest BCUT2D eigenvalue weighted by molar-refractivity contribution is 8.14. The first kappa shape index (κ1) is 31.5. The Labute approximate surface area is 213 Å². The van der Waals surface area contributed by atoms with Crippen LogP contribution in [0.4, 0.5) is 0 Å². The third-order valence-corrected chi connectivity index (χ3v) is 7.78. The van der Waals surface area contributed by atoms with E-state index in [9.17, 15) is 0 Å². The van der Waals surface area contributed by atoms with Gasteiger partial charge in [0.15, 0.2) is 0 Å². The van der Waals surface area contributed by atoms with Crippen molar-refractivity contribution in [3.05, 3.63) is 65.9 Å². The molecule has 0 aromatic carbocycles. The van der Waals surface area contributed by atoms with Gasteiger partial charge in [-0.25, -0.2) is 0 Å². The SMILES string of the molecule is CC.CC.CC.CC1=CC(C)(C)C=C(C2=CC(C)(C)C=C(C3=CC(C)(C)C=C(C)S3)S2)S1. The topological polar surface area (TPSA) is 0 Å². The van der Waals surface area contributed by atoms with Crippen molar-refractivity contribution in [2.24, 2.45) is 16.2 Å². The van der Waals surface area contributed by atoms with Crippen LogP contribution in [0, 0.1) is 16.2 Å². The highest BCUT2D eigenvalue weighted by Crippen LogP contribution is 2.54. The van der Waals surface area contributed by atoms with E-state index in [1.807, 2.05) is 76.8 Å². The summed E-state index contributed by atoms with van der Waals surface area (Å²) in [5.41, 5.74) is 0.312. The molecule has 0 aromatic rings. The van der Waals surface area contributed by atoms with Gasteiger partial charge in [-0.15, -0.1) is 0 Å². The van der Waals surface area contributed by atoms with Gasteiger partial charge < -0.3 is 0 Å². The molecular formula is C29H48S3. The summed E-state index contributed by atoms with van der Waals surface area (Å²) in [5.74, 6) is 0. The molecule has 0 nitrogen and oxygen atoms in total. The Kier molecular flexibility index (Phi) is 13.2. The van der Waals surface area contributed by atoms with Crippen LogP contribution in [-0.2, 0) is 0 Å². The summed E-state index contributed by atoms with van der Waals surface area (Å²) in [6, 6.07) is 0. The number of allylic oxidation sites excluding steroid dienone is 8. The Balaban J connectivity index is 0.00000148. The molecule has 0 aromatic heterocycles. The zero-order chi connectivity index (χ0) is 25.3. The normalized spacial score (nSPS) is 22.3. The molecule has 0 N–H and O–H groups in total. The quantitative estimate of drug-likeness (QED) is 0.376. The van der Waals surface area contributed by atoms with Crippen molar-refractivity contribution in [2.75, 3.05) is 0 Å². The van der Waals surface area contributed by atoms with Gasteiger partial charge in [-0.2, -0.15) is 0 Å². The highest BCUT2D eigenvalue weighted by atomic mass is 32.2. The van der Waals surface area contributed by atoms with Crippen LogP contribution in [0.2, 0.25) is 0 Å². The zero-order valence-electron chi connectivity index (χ0n) is 23.2. The van der Waals surface area contributed by atoms with Crippen LogP contribution in [0.15, 0.2) is 65.9 Å². The van der Waals surface area contributed by atoms with Gasteiger partial charge in [0.1, 0.15) is 0 Å². The minimum atomic E-state index is 0.0666. The minimum absolute atomic E-state index is 0.0666. The summed E-state index contributed by atoms with van der Waals surface area (Å²) in [5, 5.41) is 0. The molecule has 0 radical (unpaired) electrons. The molecule has 0 unspecified atom stereocenters. The Morgan fingerprint density at radius 2 is 0.625 bits per heavy atom. The van der Waals surface area contributed by atoms with E-state index in [-0.39, 0.29) is 16.2 Å². The molecule has 3 aliphatic rings. The largest absolute Gasteiger partial charge is 0.0943 e. The lowest BCUT2D eigenvalue weighted by molar-refractivity contribution is 0.612. The van der Waals surface area contributed by atoms with E-state index in [1.165, 1.54) is 29.4 Å². The summed E-state index contributed by atoms with van der Waals surface area (Å²) < 4.78 is 0. The summed E-state index contributed by atoms with van der Waals surface area (Å²) in [7, 11) is 0. The van der Waals surface area contributed by atoms with E-state index in [1.54, 1.807) is 0 Å². The molecule has 0 saturated heterocycles. The maximum atomic E-state index is 2.44. The van der Waals surface area contributed by atoms with Crippen LogP contribution >= 0.6 is 35.3 Å². The van der Waals surface area contributed by atoms with Gasteiger partial charge in [-0.1, -0.05) is 155 Å². The fraction of sp³-hybridized carbons (Fsp3) is 0.586. The van der Waals surface area contributed by atoms with E-state index in [4.69, 9.17) is 0 Å². The van der Waals surface area contributed by atoms with Crippen LogP contribution in [0.25, 0.3) is 0 Å². The molecule has 3 heteroatoms. The molecule has 3 heterocycles. The van der Waals surface area contributed by atoms with Gasteiger partial charge >= 0.3 is 0 Å². The van der Waals surface area contributed by atoms with E-state index in [0.29, 0.717) is 0 Å². The Bertz CT molecular complexity index is 743. The molecule has 0 amide bonds. The van der Waals surface area contributed by atoms with Gasteiger partial charge in [-0.05, 0) is 23.7 Å². The van der Waals surface area contributed by atoms with Gasteiger partial charge in [0.05, 0.1) is 0 Å². The molecule has 0 spiro atoms. The van der Waals surface area contributed by atoms with Crippen molar-refractivity contribution in [3.8, 4) is 0 Å². The van der Waals surface area contributed by atoms with Gasteiger partial charge in [0.25, 0.3) is 0 Å². The van der Waals surface area contributed by atoms with Crippen molar-refractivity contribution in [3.63, 3.8) is 0 Å². The fourth-order valence-corrected chi connectivity index (χ4v) is 7.90. The summed E-state index contributed by atoms with van der Waals surface area (Å²) in [6.45, 7) is 30.3. The number of thioether (sulfide) groups is 3. The van der Waals surface area contributed by atoms with Crippen molar-refractivity contribution in [1.82, 2.24) is 0 Å². The van der Waals surface area contributed by atoms with Crippen LogP contribution in [0.1, 0.15) is 96.9 Å². The molecular weight excluding hydrogens is 445 g/mol. The zero-order valence-corrected chi connectivity index (χ0v) is 25.6. The second-order valence-electron chi connectivity index (χ2n) is 9.31. The predicted octanol–water partition coefficient (Wildman–Crippen LogP) is 11.7. The Morgan fingerprint density at radius 1 is 0.406 bits per heavy atom. The van der Waals surface area contributed by atoms with Crippen LogP contribution < -0.4 is 0 Å². The molecule has 3 aliphatic heterocycles.